The van der Waals surface area contributed by atoms with Crippen LogP contribution in [0.1, 0.15) is 22.3 Å². The Morgan fingerprint density at radius 2 is 1.66 bits per heavy atom. The number of carbonyl (C=O) groups excluding carboxylic acids is 2. The summed E-state index contributed by atoms with van der Waals surface area (Å²) in [5.74, 6) is -1.16. The Kier molecular flexibility index (Phi) is 8.96. The molecule has 0 aliphatic rings. The fourth-order valence-electron chi connectivity index (χ4n) is 2.43. The molecule has 0 aromatic heterocycles. The maximum absolute atomic E-state index is 12.7. The molecule has 2 aromatic carbocycles. The standard InChI is InChI=1S/C19H19ClF3N3O4S2/c1-31-11-10-16(24-17(27)12-2-4-13(5-3-12)19(21,22)23)18(28)25-26-32(29,30)15-8-6-14(20)7-9-15/h2-9,16,26H,10-11H2,1H3,(H,24,27)(H,25,28)/t16-/m1/s1. The van der Waals surface area contributed by atoms with Crippen LogP contribution in [0.15, 0.2) is 53.4 Å². The predicted octanol–water partition coefficient (Wildman–Crippen LogP) is 3.22. The van der Waals surface area contributed by atoms with E-state index in [1.807, 2.05) is 10.3 Å². The van der Waals surface area contributed by atoms with E-state index in [0.717, 1.165) is 24.3 Å². The van der Waals surface area contributed by atoms with Crippen LogP contribution in [-0.4, -0.2) is 38.3 Å². The second kappa shape index (κ2) is 11.0. The van der Waals surface area contributed by atoms with Gasteiger partial charge >= 0.3 is 6.18 Å². The lowest BCUT2D eigenvalue weighted by molar-refractivity contribution is -0.137. The van der Waals surface area contributed by atoms with Gasteiger partial charge in [0.15, 0.2) is 0 Å². The lowest BCUT2D eigenvalue weighted by Crippen LogP contribution is -2.52. The molecule has 0 spiro atoms. The van der Waals surface area contributed by atoms with E-state index in [-0.39, 0.29) is 16.9 Å². The van der Waals surface area contributed by atoms with E-state index in [0.29, 0.717) is 10.8 Å². The molecule has 32 heavy (non-hydrogen) atoms. The smallest absolute Gasteiger partial charge is 0.340 e. The lowest BCUT2D eigenvalue weighted by atomic mass is 10.1. The number of thioether (sulfide) groups is 1. The second-order valence-corrected chi connectivity index (χ2v) is 9.54. The minimum atomic E-state index is -4.54. The number of hydrogen-bond donors (Lipinski definition) is 3. The van der Waals surface area contributed by atoms with Gasteiger partial charge in [0.1, 0.15) is 6.04 Å². The predicted molar refractivity (Wildman–Crippen MR) is 116 cm³/mol. The minimum Gasteiger partial charge on any atom is -0.340 e. The monoisotopic (exact) mass is 509 g/mol. The van der Waals surface area contributed by atoms with Gasteiger partial charge in [0, 0.05) is 10.6 Å². The van der Waals surface area contributed by atoms with Gasteiger partial charge in [-0.15, -0.1) is 4.83 Å². The zero-order chi connectivity index (χ0) is 23.9. The Morgan fingerprint density at radius 1 is 1.06 bits per heavy atom. The second-order valence-electron chi connectivity index (χ2n) is 6.43. The van der Waals surface area contributed by atoms with Crippen LogP contribution in [0.4, 0.5) is 13.2 Å². The van der Waals surface area contributed by atoms with Crippen LogP contribution in [0.25, 0.3) is 0 Å². The highest BCUT2D eigenvalue weighted by molar-refractivity contribution is 7.98. The molecule has 0 aliphatic heterocycles. The molecule has 0 heterocycles. The molecule has 2 rings (SSSR count). The number of rotatable bonds is 9. The first-order chi connectivity index (χ1) is 14.9. The first-order valence-corrected chi connectivity index (χ1v) is 12.2. The van der Waals surface area contributed by atoms with Crippen molar-refractivity contribution in [3.63, 3.8) is 0 Å². The van der Waals surface area contributed by atoms with Crippen LogP contribution in [-0.2, 0) is 21.0 Å². The molecular weight excluding hydrogens is 491 g/mol. The average Bonchev–Trinajstić information content (AvgIpc) is 2.74. The molecular formula is C19H19ClF3N3O4S2. The van der Waals surface area contributed by atoms with E-state index in [4.69, 9.17) is 11.6 Å². The van der Waals surface area contributed by atoms with Crippen molar-refractivity contribution < 1.29 is 31.2 Å². The van der Waals surface area contributed by atoms with E-state index >= 15 is 0 Å². The molecule has 2 aromatic rings. The summed E-state index contributed by atoms with van der Waals surface area (Å²) in [6, 6.07) is 7.58. The van der Waals surface area contributed by atoms with Gasteiger partial charge in [-0.3, -0.25) is 15.0 Å². The van der Waals surface area contributed by atoms with Crippen molar-refractivity contribution in [2.75, 3.05) is 12.0 Å². The Morgan fingerprint density at radius 3 is 2.19 bits per heavy atom. The molecule has 2 amide bonds. The van der Waals surface area contributed by atoms with Gasteiger partial charge in [0.05, 0.1) is 10.5 Å². The topological polar surface area (TPSA) is 104 Å². The summed E-state index contributed by atoms with van der Waals surface area (Å²) in [5, 5.41) is 2.74. The Bertz CT molecular complexity index is 1050. The highest BCUT2D eigenvalue weighted by Gasteiger charge is 2.30. The minimum absolute atomic E-state index is 0.0818. The number of carbonyl (C=O) groups is 2. The molecule has 1 atom stereocenters. The largest absolute Gasteiger partial charge is 0.416 e. The van der Waals surface area contributed by atoms with Crippen molar-refractivity contribution >= 4 is 45.2 Å². The summed E-state index contributed by atoms with van der Waals surface area (Å²) in [7, 11) is -4.09. The number of hydrogen-bond acceptors (Lipinski definition) is 5. The number of alkyl halides is 3. The van der Waals surface area contributed by atoms with E-state index in [1.54, 1.807) is 6.26 Å². The highest BCUT2D eigenvalue weighted by atomic mass is 35.5. The summed E-state index contributed by atoms with van der Waals surface area (Å²) < 4.78 is 62.6. The molecule has 13 heteroatoms. The maximum atomic E-state index is 12.7. The Balaban J connectivity index is 2.07. The van der Waals surface area contributed by atoms with Gasteiger partial charge in [-0.1, -0.05) is 11.6 Å². The summed E-state index contributed by atoms with van der Waals surface area (Å²) in [5.41, 5.74) is 1.05. The Labute approximate surface area is 192 Å². The summed E-state index contributed by atoms with van der Waals surface area (Å²) in [6.07, 6.45) is -2.62. The van der Waals surface area contributed by atoms with Crippen LogP contribution in [0.5, 0.6) is 0 Å². The third kappa shape index (κ3) is 7.40. The zero-order valence-electron chi connectivity index (χ0n) is 16.6. The molecule has 174 valence electrons. The molecule has 0 unspecified atom stereocenters. The highest BCUT2D eigenvalue weighted by Crippen LogP contribution is 2.29. The zero-order valence-corrected chi connectivity index (χ0v) is 19.0. The van der Waals surface area contributed by atoms with Crippen LogP contribution in [0, 0.1) is 0 Å². The van der Waals surface area contributed by atoms with Gasteiger partial charge < -0.3 is 5.32 Å². The van der Waals surface area contributed by atoms with E-state index in [1.165, 1.54) is 36.0 Å². The van der Waals surface area contributed by atoms with Crippen molar-refractivity contribution in [1.29, 1.82) is 0 Å². The SMILES string of the molecule is CSCC[C@@H](NC(=O)c1ccc(C(F)(F)F)cc1)C(=O)NNS(=O)(=O)c1ccc(Cl)cc1. The van der Waals surface area contributed by atoms with Crippen molar-refractivity contribution in [2.45, 2.75) is 23.5 Å². The van der Waals surface area contributed by atoms with Gasteiger partial charge in [0.25, 0.3) is 21.8 Å². The van der Waals surface area contributed by atoms with Gasteiger partial charge in [-0.05, 0) is 67.0 Å². The van der Waals surface area contributed by atoms with E-state index < -0.39 is 39.6 Å². The van der Waals surface area contributed by atoms with Gasteiger partial charge in [0.2, 0.25) is 0 Å². The molecule has 7 nitrogen and oxygen atoms in total. The molecule has 0 aliphatic carbocycles. The molecule has 3 N–H and O–H groups in total. The normalized spacial score (nSPS) is 12.8. The fraction of sp³-hybridized carbons (Fsp3) is 0.263. The summed E-state index contributed by atoms with van der Waals surface area (Å²) in [4.78, 5) is 26.7. The molecule has 0 bridgehead atoms. The number of amides is 2. The quantitative estimate of drug-likeness (QED) is 0.450. The van der Waals surface area contributed by atoms with Gasteiger partial charge in [-0.2, -0.15) is 24.9 Å². The van der Waals surface area contributed by atoms with Crippen LogP contribution >= 0.6 is 23.4 Å². The maximum Gasteiger partial charge on any atom is 0.416 e. The number of hydrazine groups is 1. The van der Waals surface area contributed by atoms with Crippen molar-refractivity contribution in [1.82, 2.24) is 15.6 Å². The lowest BCUT2D eigenvalue weighted by Gasteiger charge is -2.19. The number of sulfonamides is 1. The third-order valence-corrected chi connectivity index (χ3v) is 6.30. The fourth-order valence-corrected chi connectivity index (χ4v) is 3.88. The first kappa shape index (κ1) is 26.0. The van der Waals surface area contributed by atoms with Crippen LogP contribution < -0.4 is 15.6 Å². The molecule has 0 fully saturated rings. The number of benzene rings is 2. The molecule has 0 saturated carbocycles. The van der Waals surface area contributed by atoms with Crippen LogP contribution in [0.2, 0.25) is 5.02 Å². The van der Waals surface area contributed by atoms with E-state index in [9.17, 15) is 31.2 Å². The number of nitrogens with one attached hydrogen (secondary N) is 3. The number of halogens is 4. The summed E-state index contributed by atoms with van der Waals surface area (Å²) in [6.45, 7) is 0. The third-order valence-electron chi connectivity index (χ3n) is 4.14. The van der Waals surface area contributed by atoms with Crippen LogP contribution in [0.3, 0.4) is 0 Å². The van der Waals surface area contributed by atoms with Crippen molar-refractivity contribution in [2.24, 2.45) is 0 Å². The van der Waals surface area contributed by atoms with E-state index in [2.05, 4.69) is 5.32 Å². The molecule has 0 radical (unpaired) electrons. The van der Waals surface area contributed by atoms with Crippen molar-refractivity contribution in [3.8, 4) is 0 Å². The van der Waals surface area contributed by atoms with Crippen molar-refractivity contribution in [3.05, 3.63) is 64.7 Å². The summed E-state index contributed by atoms with van der Waals surface area (Å²) >= 11 is 7.12. The first-order valence-electron chi connectivity index (χ1n) is 8.98. The van der Waals surface area contributed by atoms with Gasteiger partial charge in [-0.25, -0.2) is 8.42 Å². The average molecular weight is 510 g/mol. The molecule has 0 saturated heterocycles. The Hall–Kier alpha value is -2.28.